The Labute approximate surface area is 273 Å². The number of halogens is 3. The van der Waals surface area contributed by atoms with Gasteiger partial charge in [-0.15, -0.1) is 0 Å². The highest BCUT2D eigenvalue weighted by molar-refractivity contribution is 7.92. The van der Waals surface area contributed by atoms with Crippen LogP contribution in [-0.2, 0) is 32.6 Å². The number of nitrogens with zero attached hydrogens (tertiary/aromatic N) is 2. The fraction of sp³-hybridized carbons (Fsp3) is 0.212. The van der Waals surface area contributed by atoms with Crippen LogP contribution in [0.1, 0.15) is 25.0 Å². The molecule has 1 atom stereocenters. The third kappa shape index (κ3) is 8.54. The van der Waals surface area contributed by atoms with E-state index in [4.69, 9.17) is 34.8 Å². The lowest BCUT2D eigenvalue weighted by Gasteiger charge is -2.34. The molecule has 0 saturated heterocycles. The molecule has 2 amide bonds. The standard InChI is InChI=1S/C33H32Cl3N3O4S/c1-23(2)37-33(41)31(18-24-10-5-3-6-11-24)38(21-25-16-17-27(35)20-30(25)36)32(40)22-39(28-13-9-12-26(34)19-28)44(42,43)29-14-7-4-8-15-29/h3-17,19-20,23,31H,18,21-22H2,1-2H3,(H,37,41)/t31-/m0/s1. The van der Waals surface area contributed by atoms with Crippen molar-refractivity contribution in [2.24, 2.45) is 0 Å². The quantitative estimate of drug-likeness (QED) is 0.176. The minimum Gasteiger partial charge on any atom is -0.352 e. The number of rotatable bonds is 12. The third-order valence-corrected chi connectivity index (χ3v) is 9.37. The van der Waals surface area contributed by atoms with Crippen LogP contribution in [0, 0.1) is 0 Å². The Balaban J connectivity index is 1.82. The maximum atomic E-state index is 14.4. The summed E-state index contributed by atoms with van der Waals surface area (Å²) < 4.78 is 29.0. The monoisotopic (exact) mass is 671 g/mol. The summed E-state index contributed by atoms with van der Waals surface area (Å²) in [6.45, 7) is 2.97. The van der Waals surface area contributed by atoms with Gasteiger partial charge in [-0.3, -0.25) is 13.9 Å². The zero-order valence-corrected chi connectivity index (χ0v) is 27.2. The van der Waals surface area contributed by atoms with Crippen molar-refractivity contribution in [3.8, 4) is 0 Å². The van der Waals surface area contributed by atoms with Crippen molar-refractivity contribution in [3.63, 3.8) is 0 Å². The van der Waals surface area contributed by atoms with Gasteiger partial charge in [0.2, 0.25) is 11.8 Å². The molecular formula is C33H32Cl3N3O4S. The number of amides is 2. The van der Waals surface area contributed by atoms with Gasteiger partial charge in [0.15, 0.2) is 0 Å². The van der Waals surface area contributed by atoms with Crippen molar-refractivity contribution >= 4 is 62.3 Å². The van der Waals surface area contributed by atoms with E-state index in [2.05, 4.69) is 5.32 Å². The van der Waals surface area contributed by atoms with E-state index < -0.39 is 28.5 Å². The molecule has 4 rings (SSSR count). The first kappa shape index (κ1) is 33.3. The van der Waals surface area contributed by atoms with Gasteiger partial charge in [-0.05, 0) is 67.4 Å². The average molecular weight is 673 g/mol. The normalized spacial score (nSPS) is 12.0. The molecule has 0 bridgehead atoms. The maximum absolute atomic E-state index is 14.4. The van der Waals surface area contributed by atoms with Crippen LogP contribution in [0.5, 0.6) is 0 Å². The van der Waals surface area contributed by atoms with Gasteiger partial charge in [-0.1, -0.05) is 95.5 Å². The molecule has 0 aliphatic heterocycles. The number of anilines is 1. The highest BCUT2D eigenvalue weighted by Crippen LogP contribution is 2.28. The molecule has 11 heteroatoms. The fourth-order valence-corrected chi connectivity index (χ4v) is 6.73. The van der Waals surface area contributed by atoms with E-state index in [1.165, 1.54) is 23.1 Å². The molecule has 0 fully saturated rings. The second kappa shape index (κ2) is 14.9. The van der Waals surface area contributed by atoms with Crippen LogP contribution in [0.4, 0.5) is 5.69 Å². The van der Waals surface area contributed by atoms with E-state index in [1.807, 2.05) is 44.2 Å². The molecule has 0 unspecified atom stereocenters. The first-order chi connectivity index (χ1) is 21.0. The Morgan fingerprint density at radius 3 is 2.05 bits per heavy atom. The van der Waals surface area contributed by atoms with Crippen LogP contribution in [0.15, 0.2) is 108 Å². The number of nitrogens with one attached hydrogen (secondary N) is 1. The zero-order chi connectivity index (χ0) is 31.9. The summed E-state index contributed by atoms with van der Waals surface area (Å²) in [7, 11) is -4.23. The van der Waals surface area contributed by atoms with Crippen LogP contribution >= 0.6 is 34.8 Å². The molecule has 0 heterocycles. The Morgan fingerprint density at radius 1 is 0.795 bits per heavy atom. The van der Waals surface area contributed by atoms with E-state index in [9.17, 15) is 18.0 Å². The lowest BCUT2D eigenvalue weighted by Crippen LogP contribution is -2.54. The molecule has 0 aliphatic carbocycles. The molecule has 1 N–H and O–H groups in total. The van der Waals surface area contributed by atoms with E-state index in [0.717, 1.165) is 9.87 Å². The number of hydrogen-bond donors (Lipinski definition) is 1. The minimum absolute atomic E-state index is 0.00143. The molecule has 0 aliphatic rings. The van der Waals surface area contributed by atoms with Gasteiger partial charge in [-0.25, -0.2) is 8.42 Å². The SMILES string of the molecule is CC(C)NC(=O)[C@H](Cc1ccccc1)N(Cc1ccc(Cl)cc1Cl)C(=O)CN(c1cccc(Cl)c1)S(=O)(=O)c1ccccc1. The molecule has 4 aromatic rings. The lowest BCUT2D eigenvalue weighted by atomic mass is 10.0. The maximum Gasteiger partial charge on any atom is 0.264 e. The summed E-state index contributed by atoms with van der Waals surface area (Å²) >= 11 is 18.9. The van der Waals surface area contributed by atoms with E-state index >= 15 is 0 Å². The Morgan fingerprint density at radius 2 is 1.43 bits per heavy atom. The van der Waals surface area contributed by atoms with Gasteiger partial charge in [0, 0.05) is 34.1 Å². The lowest BCUT2D eigenvalue weighted by molar-refractivity contribution is -0.140. The largest absolute Gasteiger partial charge is 0.352 e. The van der Waals surface area contributed by atoms with Crippen molar-refractivity contribution < 1.29 is 18.0 Å². The van der Waals surface area contributed by atoms with Gasteiger partial charge < -0.3 is 10.2 Å². The number of hydrogen-bond acceptors (Lipinski definition) is 4. The van der Waals surface area contributed by atoms with E-state index in [-0.39, 0.29) is 35.5 Å². The summed E-state index contributed by atoms with van der Waals surface area (Å²) in [6.07, 6.45) is 0.180. The predicted octanol–water partition coefficient (Wildman–Crippen LogP) is 7.01. The van der Waals surface area contributed by atoms with Crippen molar-refractivity contribution in [2.75, 3.05) is 10.8 Å². The average Bonchev–Trinajstić information content (AvgIpc) is 2.99. The van der Waals surface area contributed by atoms with Gasteiger partial charge >= 0.3 is 0 Å². The second-order valence-electron chi connectivity index (χ2n) is 10.4. The third-order valence-electron chi connectivity index (χ3n) is 6.76. The van der Waals surface area contributed by atoms with Gasteiger partial charge in [0.1, 0.15) is 12.6 Å². The first-order valence-electron chi connectivity index (χ1n) is 13.9. The molecular weight excluding hydrogens is 641 g/mol. The number of carbonyl (C=O) groups excluding carboxylic acids is 2. The topological polar surface area (TPSA) is 86.8 Å². The number of sulfonamides is 1. The zero-order valence-electron chi connectivity index (χ0n) is 24.2. The van der Waals surface area contributed by atoms with Gasteiger partial charge in [0.25, 0.3) is 10.0 Å². The summed E-state index contributed by atoms with van der Waals surface area (Å²) in [6, 6.07) is 27.0. The molecule has 4 aromatic carbocycles. The summed E-state index contributed by atoms with van der Waals surface area (Å²) in [4.78, 5) is 29.5. The van der Waals surface area contributed by atoms with E-state index in [0.29, 0.717) is 20.6 Å². The van der Waals surface area contributed by atoms with Crippen LogP contribution in [-0.4, -0.2) is 43.8 Å². The van der Waals surface area contributed by atoms with Crippen molar-refractivity contribution in [2.45, 2.75) is 43.8 Å². The van der Waals surface area contributed by atoms with Gasteiger partial charge in [0.05, 0.1) is 10.6 Å². The molecule has 0 spiro atoms. The van der Waals surface area contributed by atoms with E-state index in [1.54, 1.807) is 54.6 Å². The molecule has 0 saturated carbocycles. The predicted molar refractivity (Wildman–Crippen MR) is 177 cm³/mol. The second-order valence-corrected chi connectivity index (χ2v) is 13.6. The smallest absolute Gasteiger partial charge is 0.264 e. The molecule has 7 nitrogen and oxygen atoms in total. The molecule has 0 radical (unpaired) electrons. The van der Waals surface area contributed by atoms with Crippen molar-refractivity contribution in [1.29, 1.82) is 0 Å². The molecule has 230 valence electrons. The minimum atomic E-state index is -4.23. The number of carbonyl (C=O) groups is 2. The Bertz CT molecular complexity index is 1700. The fourth-order valence-electron chi connectivity index (χ4n) is 4.65. The summed E-state index contributed by atoms with van der Waals surface area (Å²) in [5.41, 5.74) is 1.56. The summed E-state index contributed by atoms with van der Waals surface area (Å²) in [5, 5.41) is 3.94. The Kier molecular flexibility index (Phi) is 11.3. The van der Waals surface area contributed by atoms with Gasteiger partial charge in [-0.2, -0.15) is 0 Å². The van der Waals surface area contributed by atoms with Crippen LogP contribution in [0.2, 0.25) is 15.1 Å². The van der Waals surface area contributed by atoms with Crippen molar-refractivity contribution in [1.82, 2.24) is 10.2 Å². The Hall–Kier alpha value is -3.56. The molecule has 44 heavy (non-hydrogen) atoms. The van der Waals surface area contributed by atoms with Crippen molar-refractivity contribution in [3.05, 3.63) is 129 Å². The highest BCUT2D eigenvalue weighted by atomic mass is 35.5. The van der Waals surface area contributed by atoms with Crippen LogP contribution in [0.3, 0.4) is 0 Å². The van der Waals surface area contributed by atoms with Crippen LogP contribution < -0.4 is 9.62 Å². The number of benzene rings is 4. The first-order valence-corrected chi connectivity index (χ1v) is 16.4. The summed E-state index contributed by atoms with van der Waals surface area (Å²) in [5.74, 6) is -1.00. The molecule has 0 aromatic heterocycles. The van der Waals surface area contributed by atoms with Crippen LogP contribution in [0.25, 0.3) is 0 Å². The highest BCUT2D eigenvalue weighted by Gasteiger charge is 2.35.